The van der Waals surface area contributed by atoms with E-state index >= 15 is 0 Å². The first-order valence-corrected chi connectivity index (χ1v) is 7.28. The minimum Gasteiger partial charge on any atom is -0.491 e. The van der Waals surface area contributed by atoms with E-state index in [4.69, 9.17) is 25.8 Å². The fourth-order valence-electron chi connectivity index (χ4n) is 1.70. The zero-order valence-corrected chi connectivity index (χ0v) is 13.0. The van der Waals surface area contributed by atoms with Crippen molar-refractivity contribution in [3.8, 4) is 5.75 Å². The Balaban J connectivity index is 1.97. The van der Waals surface area contributed by atoms with Crippen molar-refractivity contribution in [1.82, 2.24) is 5.32 Å². The van der Waals surface area contributed by atoms with Crippen molar-refractivity contribution in [3.63, 3.8) is 0 Å². The van der Waals surface area contributed by atoms with Gasteiger partial charge in [-0.3, -0.25) is 0 Å². The molecule has 1 aromatic rings. The molecule has 0 aliphatic carbocycles. The van der Waals surface area contributed by atoms with Gasteiger partial charge in [0.2, 0.25) is 0 Å². The molecule has 0 radical (unpaired) electrons. The lowest BCUT2D eigenvalue weighted by Crippen LogP contribution is -2.22. The number of halogens is 1. The van der Waals surface area contributed by atoms with Crippen LogP contribution in [0.1, 0.15) is 12.0 Å². The Kier molecular flexibility index (Phi) is 9.41. The Morgan fingerprint density at radius 2 is 1.95 bits per heavy atom. The number of hydrogen-bond donors (Lipinski definition) is 1. The first-order chi connectivity index (χ1) is 9.74. The van der Waals surface area contributed by atoms with Gasteiger partial charge in [-0.2, -0.15) is 0 Å². The predicted molar refractivity (Wildman–Crippen MR) is 81.9 cm³/mol. The average Bonchev–Trinajstić information content (AvgIpc) is 2.43. The lowest BCUT2D eigenvalue weighted by molar-refractivity contribution is 0.101. The van der Waals surface area contributed by atoms with Crippen LogP contribution in [0.2, 0.25) is 5.02 Å². The second kappa shape index (κ2) is 10.9. The van der Waals surface area contributed by atoms with E-state index in [1.165, 1.54) is 0 Å². The zero-order valence-electron chi connectivity index (χ0n) is 12.3. The minimum atomic E-state index is 0.548. The summed E-state index contributed by atoms with van der Waals surface area (Å²) in [6, 6.07) is 5.60. The van der Waals surface area contributed by atoms with Crippen molar-refractivity contribution < 1.29 is 14.2 Å². The Bertz CT molecular complexity index is 374. The SMILES string of the molecule is COCCCNCCOCCOc1ccc(Cl)cc1C. The van der Waals surface area contributed by atoms with Crippen molar-refractivity contribution in [3.05, 3.63) is 28.8 Å². The van der Waals surface area contributed by atoms with E-state index in [0.29, 0.717) is 19.8 Å². The molecule has 0 fully saturated rings. The van der Waals surface area contributed by atoms with Gasteiger partial charge in [-0.25, -0.2) is 0 Å². The summed E-state index contributed by atoms with van der Waals surface area (Å²) in [7, 11) is 1.71. The molecular weight excluding hydrogens is 278 g/mol. The molecule has 0 unspecified atom stereocenters. The largest absolute Gasteiger partial charge is 0.491 e. The van der Waals surface area contributed by atoms with E-state index in [1.807, 2.05) is 25.1 Å². The van der Waals surface area contributed by atoms with Crippen LogP contribution >= 0.6 is 11.6 Å². The molecule has 0 amide bonds. The lowest BCUT2D eigenvalue weighted by Gasteiger charge is -2.10. The molecule has 0 heterocycles. The number of hydrogen-bond acceptors (Lipinski definition) is 4. The lowest BCUT2D eigenvalue weighted by atomic mass is 10.2. The van der Waals surface area contributed by atoms with Gasteiger partial charge in [-0.15, -0.1) is 0 Å². The van der Waals surface area contributed by atoms with E-state index in [0.717, 1.165) is 42.5 Å². The Hall–Kier alpha value is -0.810. The van der Waals surface area contributed by atoms with Crippen LogP contribution < -0.4 is 10.1 Å². The summed E-state index contributed by atoms with van der Waals surface area (Å²) < 4.78 is 16.1. The number of nitrogens with one attached hydrogen (secondary N) is 1. The normalized spacial score (nSPS) is 10.8. The Morgan fingerprint density at radius 1 is 1.10 bits per heavy atom. The van der Waals surface area contributed by atoms with E-state index in [-0.39, 0.29) is 0 Å². The number of ether oxygens (including phenoxy) is 3. The minimum absolute atomic E-state index is 0.548. The summed E-state index contributed by atoms with van der Waals surface area (Å²) in [5.74, 6) is 0.857. The molecule has 0 aliphatic heterocycles. The molecule has 0 saturated heterocycles. The number of methoxy groups -OCH3 is 1. The zero-order chi connectivity index (χ0) is 14.6. The summed E-state index contributed by atoms with van der Waals surface area (Å²) in [6.45, 7) is 6.40. The molecule has 5 heteroatoms. The third-order valence-electron chi connectivity index (χ3n) is 2.75. The molecule has 114 valence electrons. The van der Waals surface area contributed by atoms with Crippen LogP contribution in [0.15, 0.2) is 18.2 Å². The summed E-state index contributed by atoms with van der Waals surface area (Å²) in [4.78, 5) is 0. The summed E-state index contributed by atoms with van der Waals surface area (Å²) in [5, 5.41) is 4.01. The molecule has 1 aromatic carbocycles. The van der Waals surface area contributed by atoms with Crippen LogP contribution in [0.25, 0.3) is 0 Å². The van der Waals surface area contributed by atoms with Crippen molar-refractivity contribution in [2.75, 3.05) is 46.6 Å². The van der Waals surface area contributed by atoms with E-state index in [9.17, 15) is 0 Å². The molecule has 0 aliphatic rings. The first kappa shape index (κ1) is 17.2. The maximum absolute atomic E-state index is 5.89. The van der Waals surface area contributed by atoms with Crippen molar-refractivity contribution in [2.45, 2.75) is 13.3 Å². The van der Waals surface area contributed by atoms with E-state index in [1.54, 1.807) is 7.11 Å². The molecule has 4 nitrogen and oxygen atoms in total. The van der Waals surface area contributed by atoms with Crippen LogP contribution in [-0.4, -0.2) is 46.6 Å². The monoisotopic (exact) mass is 301 g/mol. The smallest absolute Gasteiger partial charge is 0.122 e. The third-order valence-corrected chi connectivity index (χ3v) is 2.98. The van der Waals surface area contributed by atoms with Crippen LogP contribution in [0.3, 0.4) is 0 Å². The highest BCUT2D eigenvalue weighted by Gasteiger charge is 1.99. The van der Waals surface area contributed by atoms with E-state index < -0.39 is 0 Å². The first-order valence-electron chi connectivity index (χ1n) is 6.90. The fraction of sp³-hybridized carbons (Fsp3) is 0.600. The maximum atomic E-state index is 5.89. The molecule has 1 N–H and O–H groups in total. The highest BCUT2D eigenvalue weighted by atomic mass is 35.5. The summed E-state index contributed by atoms with van der Waals surface area (Å²) in [5.41, 5.74) is 1.04. The van der Waals surface area contributed by atoms with Crippen molar-refractivity contribution in [1.29, 1.82) is 0 Å². The quantitative estimate of drug-likeness (QED) is 0.638. The van der Waals surface area contributed by atoms with Crippen LogP contribution in [0.5, 0.6) is 5.75 Å². The Labute approximate surface area is 126 Å². The molecule has 1 rings (SSSR count). The molecule has 0 spiro atoms. The van der Waals surface area contributed by atoms with Gasteiger partial charge >= 0.3 is 0 Å². The van der Waals surface area contributed by atoms with E-state index in [2.05, 4.69) is 5.32 Å². The second-order valence-corrected chi connectivity index (χ2v) is 4.90. The molecule has 20 heavy (non-hydrogen) atoms. The van der Waals surface area contributed by atoms with Crippen molar-refractivity contribution in [2.24, 2.45) is 0 Å². The van der Waals surface area contributed by atoms with Gasteiger partial charge in [0.15, 0.2) is 0 Å². The fourth-order valence-corrected chi connectivity index (χ4v) is 1.92. The highest BCUT2D eigenvalue weighted by Crippen LogP contribution is 2.21. The molecule has 0 atom stereocenters. The highest BCUT2D eigenvalue weighted by molar-refractivity contribution is 6.30. The van der Waals surface area contributed by atoms with Crippen molar-refractivity contribution >= 4 is 11.6 Å². The van der Waals surface area contributed by atoms with Gasteiger partial charge in [0.05, 0.1) is 13.2 Å². The number of rotatable bonds is 11. The number of aryl methyl sites for hydroxylation is 1. The van der Waals surface area contributed by atoms with Crippen LogP contribution in [0, 0.1) is 6.92 Å². The van der Waals surface area contributed by atoms with Gasteiger partial charge in [0.25, 0.3) is 0 Å². The molecule has 0 saturated carbocycles. The van der Waals surface area contributed by atoms with Gasteiger partial charge in [0.1, 0.15) is 12.4 Å². The third kappa shape index (κ3) is 7.70. The average molecular weight is 302 g/mol. The number of benzene rings is 1. The topological polar surface area (TPSA) is 39.7 Å². The molecule has 0 aromatic heterocycles. The second-order valence-electron chi connectivity index (χ2n) is 4.47. The van der Waals surface area contributed by atoms with Gasteiger partial charge < -0.3 is 19.5 Å². The maximum Gasteiger partial charge on any atom is 0.122 e. The van der Waals surface area contributed by atoms with Gasteiger partial charge in [0, 0.05) is 25.3 Å². The van der Waals surface area contributed by atoms with Gasteiger partial charge in [-0.1, -0.05) is 11.6 Å². The predicted octanol–water partition coefficient (Wildman–Crippen LogP) is 2.67. The van der Waals surface area contributed by atoms with Crippen LogP contribution in [0.4, 0.5) is 0 Å². The van der Waals surface area contributed by atoms with Gasteiger partial charge in [-0.05, 0) is 43.7 Å². The standard InChI is InChI=1S/C15H24ClNO3/c1-13-12-14(16)4-5-15(13)20-11-10-19-9-7-17-6-3-8-18-2/h4-5,12,17H,3,6-11H2,1-2H3. The van der Waals surface area contributed by atoms with Crippen LogP contribution in [-0.2, 0) is 9.47 Å². The summed E-state index contributed by atoms with van der Waals surface area (Å²) >= 11 is 5.89. The molecule has 0 bridgehead atoms. The molecular formula is C15H24ClNO3. The summed E-state index contributed by atoms with van der Waals surface area (Å²) in [6.07, 6.45) is 1.02. The Morgan fingerprint density at radius 3 is 2.70 bits per heavy atom.